The van der Waals surface area contributed by atoms with E-state index in [9.17, 15) is 19.2 Å². The van der Waals surface area contributed by atoms with Crippen LogP contribution in [-0.2, 0) is 19.2 Å². The Morgan fingerprint density at radius 1 is 1.23 bits per heavy atom. The highest BCUT2D eigenvalue weighted by molar-refractivity contribution is 5.98. The first kappa shape index (κ1) is 20.4. The number of hydrogen-bond acceptors (Lipinski definition) is 5. The van der Waals surface area contributed by atoms with Gasteiger partial charge in [-0.2, -0.15) is 0 Å². The van der Waals surface area contributed by atoms with Crippen LogP contribution >= 0.6 is 0 Å². The minimum atomic E-state index is -0.699. The summed E-state index contributed by atoms with van der Waals surface area (Å²) >= 11 is 0. The van der Waals surface area contributed by atoms with E-state index in [4.69, 9.17) is 11.5 Å². The van der Waals surface area contributed by atoms with Crippen LogP contribution in [0, 0.1) is 11.3 Å². The second-order valence-electron chi connectivity index (χ2n) is 8.51. The van der Waals surface area contributed by atoms with Crippen LogP contribution in [0.1, 0.15) is 47.0 Å². The standard InChI is InChI=1S/C18H30N4O4/c1-10(16(20)25)5-6-13(24)21-8-7-11-14(21)12(23)9-22(11)17(26)15(19)18(2,3)4/h10-11,14-15H,5-9,19H2,1-4H3,(H2,20,25). The second-order valence-corrected chi connectivity index (χ2v) is 8.51. The summed E-state index contributed by atoms with van der Waals surface area (Å²) in [6.07, 6.45) is 1.08. The summed E-state index contributed by atoms with van der Waals surface area (Å²) < 4.78 is 0. The predicted molar refractivity (Wildman–Crippen MR) is 95.6 cm³/mol. The number of amides is 3. The van der Waals surface area contributed by atoms with Crippen LogP contribution < -0.4 is 11.5 Å². The Labute approximate surface area is 154 Å². The molecule has 3 amide bonds. The van der Waals surface area contributed by atoms with E-state index < -0.39 is 23.4 Å². The molecule has 26 heavy (non-hydrogen) atoms. The molecular formula is C18H30N4O4. The van der Waals surface area contributed by atoms with Gasteiger partial charge >= 0.3 is 0 Å². The molecule has 8 heteroatoms. The van der Waals surface area contributed by atoms with Gasteiger partial charge in [0, 0.05) is 18.9 Å². The number of Topliss-reactive ketones (excluding diaryl/α,β-unsaturated/α-hetero) is 1. The topological polar surface area (TPSA) is 127 Å². The van der Waals surface area contributed by atoms with Gasteiger partial charge in [-0.3, -0.25) is 19.2 Å². The summed E-state index contributed by atoms with van der Waals surface area (Å²) in [5.41, 5.74) is 10.9. The van der Waals surface area contributed by atoms with E-state index in [2.05, 4.69) is 0 Å². The fourth-order valence-corrected chi connectivity index (χ4v) is 3.57. The Morgan fingerprint density at radius 3 is 2.38 bits per heavy atom. The molecular weight excluding hydrogens is 336 g/mol. The molecule has 0 bridgehead atoms. The van der Waals surface area contributed by atoms with Gasteiger partial charge in [0.15, 0.2) is 5.78 Å². The van der Waals surface area contributed by atoms with Crippen molar-refractivity contribution >= 4 is 23.5 Å². The van der Waals surface area contributed by atoms with Crippen LogP contribution in [0.3, 0.4) is 0 Å². The lowest BCUT2D eigenvalue weighted by Crippen LogP contribution is -2.52. The summed E-state index contributed by atoms with van der Waals surface area (Å²) in [4.78, 5) is 52.0. The van der Waals surface area contributed by atoms with Gasteiger partial charge in [0.25, 0.3) is 0 Å². The highest BCUT2D eigenvalue weighted by atomic mass is 16.2. The van der Waals surface area contributed by atoms with Crippen molar-refractivity contribution in [2.24, 2.45) is 22.8 Å². The lowest BCUT2D eigenvalue weighted by atomic mass is 9.86. The average molecular weight is 366 g/mol. The number of ketones is 1. The number of primary amides is 1. The van der Waals surface area contributed by atoms with E-state index in [1.165, 1.54) is 0 Å². The maximum atomic E-state index is 12.7. The molecule has 0 aliphatic carbocycles. The largest absolute Gasteiger partial charge is 0.369 e. The molecule has 4 N–H and O–H groups in total. The van der Waals surface area contributed by atoms with Gasteiger partial charge in [-0.15, -0.1) is 0 Å². The fraction of sp³-hybridized carbons (Fsp3) is 0.778. The molecule has 8 nitrogen and oxygen atoms in total. The number of nitrogens with two attached hydrogens (primary N) is 2. The summed E-state index contributed by atoms with van der Waals surface area (Å²) in [7, 11) is 0. The Kier molecular flexibility index (Phi) is 5.75. The number of rotatable bonds is 5. The lowest BCUT2D eigenvalue weighted by molar-refractivity contribution is -0.137. The molecule has 2 heterocycles. The highest BCUT2D eigenvalue weighted by Gasteiger charge is 2.52. The number of hydrogen-bond donors (Lipinski definition) is 2. The highest BCUT2D eigenvalue weighted by Crippen LogP contribution is 2.32. The minimum absolute atomic E-state index is 0.000580. The van der Waals surface area contributed by atoms with Gasteiger partial charge in [0.05, 0.1) is 18.6 Å². The van der Waals surface area contributed by atoms with Crippen LogP contribution in [-0.4, -0.2) is 64.5 Å². The number of carbonyl (C=O) groups is 4. The summed E-state index contributed by atoms with van der Waals surface area (Å²) in [5.74, 6) is -1.37. The van der Waals surface area contributed by atoms with Crippen molar-refractivity contribution in [2.45, 2.75) is 65.1 Å². The Bertz CT molecular complexity index is 613. The molecule has 2 fully saturated rings. The van der Waals surface area contributed by atoms with E-state index >= 15 is 0 Å². The third kappa shape index (κ3) is 3.90. The van der Waals surface area contributed by atoms with Gasteiger partial charge < -0.3 is 21.3 Å². The number of likely N-dealkylation sites (tertiary alicyclic amines) is 2. The average Bonchev–Trinajstić information content (AvgIpc) is 3.11. The summed E-state index contributed by atoms with van der Waals surface area (Å²) in [6, 6.07) is -1.60. The smallest absolute Gasteiger partial charge is 0.240 e. The lowest BCUT2D eigenvalue weighted by Gasteiger charge is -2.32. The summed E-state index contributed by atoms with van der Waals surface area (Å²) in [5, 5.41) is 0. The van der Waals surface area contributed by atoms with E-state index in [0.717, 1.165) is 0 Å². The van der Waals surface area contributed by atoms with Crippen molar-refractivity contribution < 1.29 is 19.2 Å². The third-order valence-corrected chi connectivity index (χ3v) is 5.50. The monoisotopic (exact) mass is 366 g/mol. The van der Waals surface area contributed by atoms with Crippen LogP contribution in [0.25, 0.3) is 0 Å². The van der Waals surface area contributed by atoms with Gasteiger partial charge in [-0.25, -0.2) is 0 Å². The molecule has 2 aliphatic rings. The van der Waals surface area contributed by atoms with Crippen LogP contribution in [0.15, 0.2) is 0 Å². The Morgan fingerprint density at radius 2 is 1.85 bits per heavy atom. The van der Waals surface area contributed by atoms with Crippen LogP contribution in [0.2, 0.25) is 0 Å². The first-order valence-electron chi connectivity index (χ1n) is 9.12. The van der Waals surface area contributed by atoms with Crippen LogP contribution in [0.5, 0.6) is 0 Å². The van der Waals surface area contributed by atoms with E-state index in [1.807, 2.05) is 20.8 Å². The van der Waals surface area contributed by atoms with Crippen molar-refractivity contribution in [1.82, 2.24) is 9.80 Å². The van der Waals surface area contributed by atoms with Crippen molar-refractivity contribution in [1.29, 1.82) is 0 Å². The second kappa shape index (κ2) is 7.34. The Hall–Kier alpha value is -1.96. The SMILES string of the molecule is CC(CCC(=O)N1CCC2C1C(=O)CN2C(=O)C(N)C(C)(C)C)C(N)=O. The van der Waals surface area contributed by atoms with Crippen molar-refractivity contribution in [2.75, 3.05) is 13.1 Å². The van der Waals surface area contributed by atoms with Crippen molar-refractivity contribution in [3.05, 3.63) is 0 Å². The minimum Gasteiger partial charge on any atom is -0.369 e. The van der Waals surface area contributed by atoms with Gasteiger partial charge in [0.1, 0.15) is 6.04 Å². The summed E-state index contributed by atoms with van der Waals surface area (Å²) in [6.45, 7) is 7.76. The zero-order chi connectivity index (χ0) is 19.8. The van der Waals surface area contributed by atoms with E-state index in [1.54, 1.807) is 16.7 Å². The molecule has 0 aromatic heterocycles. The predicted octanol–water partition coefficient (Wildman–Crippen LogP) is -0.358. The van der Waals surface area contributed by atoms with E-state index in [-0.39, 0.29) is 42.5 Å². The van der Waals surface area contributed by atoms with Crippen molar-refractivity contribution in [3.63, 3.8) is 0 Å². The normalized spacial score (nSPS) is 25.2. The molecule has 0 radical (unpaired) electrons. The number of carbonyl (C=O) groups excluding carboxylic acids is 4. The number of nitrogens with zero attached hydrogens (tertiary/aromatic N) is 2. The molecule has 2 aliphatic heterocycles. The molecule has 4 unspecified atom stereocenters. The molecule has 0 spiro atoms. The molecule has 0 saturated carbocycles. The molecule has 4 atom stereocenters. The fourth-order valence-electron chi connectivity index (χ4n) is 3.57. The molecule has 2 saturated heterocycles. The van der Waals surface area contributed by atoms with E-state index in [0.29, 0.717) is 19.4 Å². The van der Waals surface area contributed by atoms with Crippen LogP contribution in [0.4, 0.5) is 0 Å². The quantitative estimate of drug-likeness (QED) is 0.687. The zero-order valence-corrected chi connectivity index (χ0v) is 16.0. The molecule has 0 aromatic rings. The number of fused-ring (bicyclic) bond motifs is 1. The van der Waals surface area contributed by atoms with Gasteiger partial charge in [-0.05, 0) is 18.3 Å². The van der Waals surface area contributed by atoms with Crippen molar-refractivity contribution in [3.8, 4) is 0 Å². The molecule has 0 aromatic carbocycles. The van der Waals surface area contributed by atoms with Gasteiger partial charge in [-0.1, -0.05) is 27.7 Å². The Balaban J connectivity index is 2.06. The maximum Gasteiger partial charge on any atom is 0.240 e. The first-order valence-corrected chi connectivity index (χ1v) is 9.12. The van der Waals surface area contributed by atoms with Gasteiger partial charge in [0.2, 0.25) is 17.7 Å². The molecule has 146 valence electrons. The molecule has 2 rings (SSSR count). The zero-order valence-electron chi connectivity index (χ0n) is 16.0. The third-order valence-electron chi connectivity index (χ3n) is 5.50. The maximum absolute atomic E-state index is 12.7. The first-order chi connectivity index (χ1) is 11.9.